The Bertz CT molecular complexity index is 1170. The van der Waals surface area contributed by atoms with Crippen LogP contribution in [0.1, 0.15) is 39.9 Å². The average molecular weight is 472 g/mol. The van der Waals surface area contributed by atoms with Crippen molar-refractivity contribution in [3.05, 3.63) is 28.3 Å². The first-order chi connectivity index (χ1) is 15.7. The van der Waals surface area contributed by atoms with Crippen LogP contribution in [0.25, 0.3) is 0 Å². The second-order valence-electron chi connectivity index (χ2n) is 10.0. The monoisotopic (exact) mass is 472 g/mol. The summed E-state index contributed by atoms with van der Waals surface area (Å²) in [5, 5.41) is 33.8. The van der Waals surface area contributed by atoms with Crippen LogP contribution in [-0.2, 0) is 19.2 Å². The van der Waals surface area contributed by atoms with Gasteiger partial charge >= 0.3 is 0 Å². The number of aryl methyl sites for hydroxylation is 2. The van der Waals surface area contributed by atoms with E-state index < -0.39 is 76.4 Å². The molecule has 1 aromatic carbocycles. The van der Waals surface area contributed by atoms with Crippen LogP contribution in [0.15, 0.2) is 6.07 Å². The van der Waals surface area contributed by atoms with Gasteiger partial charge in [0.25, 0.3) is 0 Å². The fourth-order valence-electron chi connectivity index (χ4n) is 6.56. The lowest BCUT2D eigenvalue weighted by Gasteiger charge is -2.56. The van der Waals surface area contributed by atoms with Crippen molar-refractivity contribution >= 4 is 29.0 Å². The zero-order valence-electron chi connectivity index (χ0n) is 19.5. The molecule has 0 bridgehead atoms. The second-order valence-corrected chi connectivity index (χ2v) is 10.0. The summed E-state index contributed by atoms with van der Waals surface area (Å²) < 4.78 is 0. The SMILES string of the molecule is Cc1cc(C)c2c(c1O)C(=O)C1C(=O)[C@]3(O)C(=O)C(C(N)=O)C(=O)[C@@H](N(C)C)[C@@H]3[C@@H](O)[C@@H]1[C@H]2C. The average Bonchev–Trinajstić information content (AvgIpc) is 2.73. The first-order valence-corrected chi connectivity index (χ1v) is 11.0. The van der Waals surface area contributed by atoms with E-state index in [1.807, 2.05) is 0 Å². The van der Waals surface area contributed by atoms with Crippen LogP contribution in [0.5, 0.6) is 5.75 Å². The van der Waals surface area contributed by atoms with Gasteiger partial charge in [0, 0.05) is 5.92 Å². The van der Waals surface area contributed by atoms with Gasteiger partial charge < -0.3 is 21.1 Å². The number of ketones is 4. The van der Waals surface area contributed by atoms with Gasteiger partial charge in [-0.2, -0.15) is 0 Å². The number of aromatic hydroxyl groups is 1. The van der Waals surface area contributed by atoms with Crippen LogP contribution in [0, 0.1) is 37.5 Å². The van der Waals surface area contributed by atoms with Gasteiger partial charge in [0.05, 0.1) is 29.5 Å². The zero-order valence-corrected chi connectivity index (χ0v) is 19.5. The number of nitrogens with zero attached hydrogens (tertiary/aromatic N) is 1. The number of aliphatic hydroxyl groups is 2. The molecular weight excluding hydrogens is 444 g/mol. The molecule has 0 heterocycles. The van der Waals surface area contributed by atoms with Gasteiger partial charge in [0.1, 0.15) is 5.75 Å². The Balaban J connectivity index is 1.99. The summed E-state index contributed by atoms with van der Waals surface area (Å²) in [4.78, 5) is 67.1. The number of aliphatic hydroxyl groups excluding tert-OH is 1. The molecule has 2 saturated carbocycles. The highest BCUT2D eigenvalue weighted by atomic mass is 16.3. The van der Waals surface area contributed by atoms with Crippen molar-refractivity contribution in [2.75, 3.05) is 14.1 Å². The minimum atomic E-state index is -2.98. The Morgan fingerprint density at radius 2 is 1.68 bits per heavy atom. The number of amides is 1. The minimum absolute atomic E-state index is 0.0798. The Hall–Kier alpha value is -2.95. The second kappa shape index (κ2) is 7.53. The molecule has 3 aliphatic rings. The first-order valence-electron chi connectivity index (χ1n) is 11.0. The van der Waals surface area contributed by atoms with E-state index >= 15 is 0 Å². The maximum absolute atomic E-state index is 13.8. The van der Waals surface area contributed by atoms with Gasteiger partial charge in [-0.05, 0) is 50.6 Å². The molecule has 10 nitrogen and oxygen atoms in total. The Kier molecular flexibility index (Phi) is 5.35. The van der Waals surface area contributed by atoms with E-state index in [1.165, 1.54) is 19.0 Å². The number of likely N-dealkylation sites (N-methyl/N-ethyl adjacent to an activating group) is 1. The highest BCUT2D eigenvalue weighted by Crippen LogP contribution is 2.55. The van der Waals surface area contributed by atoms with Crippen molar-refractivity contribution in [3.63, 3.8) is 0 Å². The summed E-state index contributed by atoms with van der Waals surface area (Å²) in [5.41, 5.74) is 3.79. The zero-order chi connectivity index (χ0) is 25.6. The van der Waals surface area contributed by atoms with Crippen LogP contribution >= 0.6 is 0 Å². The van der Waals surface area contributed by atoms with Crippen molar-refractivity contribution < 1.29 is 39.3 Å². The molecule has 1 amide bonds. The number of carbonyl (C=O) groups is 5. The van der Waals surface area contributed by atoms with E-state index in [0.717, 1.165) is 0 Å². The topological polar surface area (TPSA) is 175 Å². The van der Waals surface area contributed by atoms with Crippen LogP contribution in [0.3, 0.4) is 0 Å². The highest BCUT2D eigenvalue weighted by molar-refractivity contribution is 6.32. The lowest BCUT2D eigenvalue weighted by molar-refractivity contribution is -0.196. The normalized spacial score (nSPS) is 37.4. The third kappa shape index (κ3) is 2.76. The number of Topliss-reactive ketones (excluding diaryl/α,β-unsaturated/α-hetero) is 4. The lowest BCUT2D eigenvalue weighted by atomic mass is 9.49. The third-order valence-corrected chi connectivity index (χ3v) is 7.98. The summed E-state index contributed by atoms with van der Waals surface area (Å²) >= 11 is 0. The predicted octanol–water partition coefficient (Wildman–Crippen LogP) is -0.984. The minimum Gasteiger partial charge on any atom is -0.507 e. The predicted molar refractivity (Wildman–Crippen MR) is 117 cm³/mol. The summed E-state index contributed by atoms with van der Waals surface area (Å²) in [6.07, 6.45) is -1.63. The number of rotatable bonds is 2. The van der Waals surface area contributed by atoms with Crippen LogP contribution in [-0.4, -0.2) is 81.1 Å². The van der Waals surface area contributed by atoms with Gasteiger partial charge in [-0.3, -0.25) is 28.9 Å². The molecule has 5 N–H and O–H groups in total. The molecule has 4 rings (SSSR count). The van der Waals surface area contributed by atoms with Crippen LogP contribution < -0.4 is 5.73 Å². The van der Waals surface area contributed by atoms with E-state index in [0.29, 0.717) is 16.7 Å². The van der Waals surface area contributed by atoms with Crippen molar-refractivity contribution in [2.24, 2.45) is 29.4 Å². The van der Waals surface area contributed by atoms with E-state index in [4.69, 9.17) is 5.73 Å². The molecule has 0 aromatic heterocycles. The van der Waals surface area contributed by atoms with E-state index in [1.54, 1.807) is 26.8 Å². The fourth-order valence-corrected chi connectivity index (χ4v) is 6.56. The Labute approximate surface area is 195 Å². The van der Waals surface area contributed by atoms with Crippen molar-refractivity contribution in [1.82, 2.24) is 4.90 Å². The van der Waals surface area contributed by atoms with E-state index in [2.05, 4.69) is 0 Å². The molecule has 1 aromatic rings. The molecule has 0 aliphatic heterocycles. The third-order valence-electron chi connectivity index (χ3n) is 7.98. The molecule has 8 atom stereocenters. The molecular formula is C24H28N2O8. The molecule has 2 unspecified atom stereocenters. The standard InChI is InChI=1S/C24H28N2O8/c1-7-6-8(2)17(27)12-10(7)9(3)11-13(18(12)28)21(31)24(34)15(19(11)29)16(26(4)5)20(30)14(22(24)32)23(25)33/h6,9,11,13-16,19,27,29,34H,1-5H3,(H2,25,33)/t9-,11+,13?,14?,15+,16-,19-,24-/m0/s1. The van der Waals surface area contributed by atoms with Gasteiger partial charge in [0.2, 0.25) is 5.91 Å². The van der Waals surface area contributed by atoms with Crippen molar-refractivity contribution in [1.29, 1.82) is 0 Å². The summed E-state index contributed by atoms with van der Waals surface area (Å²) in [7, 11) is 2.91. The smallest absolute Gasteiger partial charge is 0.235 e. The number of carbonyl (C=O) groups excluding carboxylic acids is 5. The van der Waals surface area contributed by atoms with Gasteiger partial charge in [-0.1, -0.05) is 13.0 Å². The number of hydrogen-bond acceptors (Lipinski definition) is 9. The molecule has 0 saturated heterocycles. The number of phenols is 1. The molecule has 2 fully saturated rings. The quantitative estimate of drug-likeness (QED) is 0.394. The molecule has 0 spiro atoms. The van der Waals surface area contributed by atoms with Gasteiger partial charge in [0.15, 0.2) is 34.7 Å². The maximum atomic E-state index is 13.8. The summed E-state index contributed by atoms with van der Waals surface area (Å²) in [6, 6.07) is 0.315. The van der Waals surface area contributed by atoms with Gasteiger partial charge in [-0.15, -0.1) is 0 Å². The molecule has 34 heavy (non-hydrogen) atoms. The number of nitrogens with two attached hydrogens (primary N) is 1. The lowest BCUT2D eigenvalue weighted by Crippen LogP contribution is -2.77. The summed E-state index contributed by atoms with van der Waals surface area (Å²) in [5.74, 6) is -13.0. The Morgan fingerprint density at radius 1 is 1.09 bits per heavy atom. The molecule has 10 heteroatoms. The summed E-state index contributed by atoms with van der Waals surface area (Å²) in [6.45, 7) is 5.04. The number of hydrogen-bond donors (Lipinski definition) is 4. The number of fused-ring (bicyclic) bond motifs is 3. The molecule has 182 valence electrons. The highest BCUT2D eigenvalue weighted by Gasteiger charge is 2.72. The largest absolute Gasteiger partial charge is 0.507 e. The van der Waals surface area contributed by atoms with Crippen molar-refractivity contribution in [2.45, 2.75) is 44.4 Å². The first kappa shape index (κ1) is 24.2. The van der Waals surface area contributed by atoms with Gasteiger partial charge in [-0.25, -0.2) is 0 Å². The van der Waals surface area contributed by atoms with E-state index in [-0.39, 0.29) is 11.3 Å². The maximum Gasteiger partial charge on any atom is 0.235 e. The van der Waals surface area contributed by atoms with Crippen LogP contribution in [0.2, 0.25) is 0 Å². The number of primary amides is 1. The molecule has 0 radical (unpaired) electrons. The van der Waals surface area contributed by atoms with Crippen molar-refractivity contribution in [3.8, 4) is 5.75 Å². The number of phenolic OH excluding ortho intramolecular Hbond substituents is 1. The molecule has 3 aliphatic carbocycles. The number of benzene rings is 1. The van der Waals surface area contributed by atoms with E-state index in [9.17, 15) is 39.3 Å². The fraction of sp³-hybridized carbons (Fsp3) is 0.542. The van der Waals surface area contributed by atoms with Crippen LogP contribution in [0.4, 0.5) is 0 Å². The Morgan fingerprint density at radius 3 is 2.21 bits per heavy atom.